The molecule has 0 amide bonds. The molecule has 0 bridgehead atoms. The number of aliphatic hydroxyl groups is 1. The minimum atomic E-state index is -1.03. The van der Waals surface area contributed by atoms with E-state index >= 15 is 0 Å². The lowest BCUT2D eigenvalue weighted by atomic mass is 10.0. The molecule has 1 rings (SSSR count). The standard InChI is InChI=1S/C7H13N5O2.ClH/c1-7(2,14)3-4-5(13)12(9)6(8)11-10-4;/h14H,3,9H2,1-2H3,(H2,8,11);1H. The SMILES string of the molecule is CC(C)(O)Cc1nnc(N)n(N)c1=O.Cl. The molecule has 0 saturated heterocycles. The number of hydrogen-bond acceptors (Lipinski definition) is 6. The largest absolute Gasteiger partial charge is 0.390 e. The first-order chi connectivity index (χ1) is 6.31. The van der Waals surface area contributed by atoms with Crippen molar-refractivity contribution in [3.05, 3.63) is 16.0 Å². The van der Waals surface area contributed by atoms with Gasteiger partial charge in [0, 0.05) is 6.42 Å². The van der Waals surface area contributed by atoms with E-state index in [0.717, 1.165) is 0 Å². The third-order valence-corrected chi connectivity index (χ3v) is 1.59. The van der Waals surface area contributed by atoms with Crippen molar-refractivity contribution in [1.82, 2.24) is 14.9 Å². The van der Waals surface area contributed by atoms with Crippen LogP contribution < -0.4 is 17.1 Å². The van der Waals surface area contributed by atoms with Crippen LogP contribution in [0.5, 0.6) is 0 Å². The third-order valence-electron chi connectivity index (χ3n) is 1.59. The molecule has 0 aliphatic heterocycles. The van der Waals surface area contributed by atoms with E-state index < -0.39 is 11.2 Å². The lowest BCUT2D eigenvalue weighted by Gasteiger charge is -2.15. The molecule has 0 aliphatic rings. The Hall–Kier alpha value is -1.34. The lowest BCUT2D eigenvalue weighted by molar-refractivity contribution is 0.0792. The van der Waals surface area contributed by atoms with Crippen LogP contribution >= 0.6 is 12.4 Å². The highest BCUT2D eigenvalue weighted by Gasteiger charge is 2.18. The molecule has 1 aromatic heterocycles. The van der Waals surface area contributed by atoms with Crippen LogP contribution in [0.4, 0.5) is 5.95 Å². The van der Waals surface area contributed by atoms with Gasteiger partial charge >= 0.3 is 0 Å². The van der Waals surface area contributed by atoms with Gasteiger partial charge in [-0.05, 0) is 13.8 Å². The highest BCUT2D eigenvalue weighted by atomic mass is 35.5. The van der Waals surface area contributed by atoms with E-state index in [9.17, 15) is 9.90 Å². The number of aromatic nitrogens is 3. The average molecular weight is 236 g/mol. The summed E-state index contributed by atoms with van der Waals surface area (Å²) in [4.78, 5) is 11.4. The van der Waals surface area contributed by atoms with Crippen LogP contribution in [0.25, 0.3) is 0 Å². The molecule has 0 atom stereocenters. The molecule has 0 saturated carbocycles. The Bertz CT molecular complexity index is 397. The van der Waals surface area contributed by atoms with Crippen LogP contribution in [0.3, 0.4) is 0 Å². The van der Waals surface area contributed by atoms with Gasteiger partial charge < -0.3 is 16.7 Å². The minimum Gasteiger partial charge on any atom is -0.390 e. The van der Waals surface area contributed by atoms with Gasteiger partial charge in [-0.3, -0.25) is 4.79 Å². The zero-order chi connectivity index (χ0) is 10.9. The Kier molecular flexibility index (Phi) is 4.06. The fourth-order valence-corrected chi connectivity index (χ4v) is 0.966. The third kappa shape index (κ3) is 3.37. The Labute approximate surface area is 92.5 Å². The van der Waals surface area contributed by atoms with E-state index in [4.69, 9.17) is 11.6 Å². The second kappa shape index (κ2) is 4.45. The number of nitrogen functional groups attached to an aromatic ring is 2. The topological polar surface area (TPSA) is 120 Å². The molecule has 1 heterocycles. The maximum Gasteiger partial charge on any atom is 0.295 e. The number of nitrogens with two attached hydrogens (primary N) is 2. The summed E-state index contributed by atoms with van der Waals surface area (Å²) in [6, 6.07) is 0. The highest BCUT2D eigenvalue weighted by Crippen LogP contribution is 2.06. The van der Waals surface area contributed by atoms with E-state index in [1.165, 1.54) is 0 Å². The fraction of sp³-hybridized carbons (Fsp3) is 0.571. The Morgan fingerprint density at radius 3 is 2.47 bits per heavy atom. The van der Waals surface area contributed by atoms with Crippen molar-refractivity contribution in [2.24, 2.45) is 0 Å². The van der Waals surface area contributed by atoms with E-state index in [0.29, 0.717) is 4.68 Å². The van der Waals surface area contributed by atoms with Crippen LogP contribution in [0.1, 0.15) is 19.5 Å². The van der Waals surface area contributed by atoms with E-state index in [1.54, 1.807) is 13.8 Å². The molecule has 8 heteroatoms. The number of rotatable bonds is 2. The normalized spacial score (nSPS) is 10.9. The number of nitrogens with zero attached hydrogens (tertiary/aromatic N) is 3. The minimum absolute atomic E-state index is 0. The van der Waals surface area contributed by atoms with E-state index in [-0.39, 0.29) is 30.5 Å². The molecule has 1 aromatic rings. The first kappa shape index (κ1) is 13.7. The second-order valence-corrected chi connectivity index (χ2v) is 3.67. The van der Waals surface area contributed by atoms with Gasteiger partial charge in [0.2, 0.25) is 5.95 Å². The van der Waals surface area contributed by atoms with Crippen molar-refractivity contribution < 1.29 is 5.11 Å². The monoisotopic (exact) mass is 235 g/mol. The van der Waals surface area contributed by atoms with Crippen molar-refractivity contribution in [1.29, 1.82) is 0 Å². The highest BCUT2D eigenvalue weighted by molar-refractivity contribution is 5.85. The number of halogens is 1. The molecular formula is C7H14ClN5O2. The maximum atomic E-state index is 11.4. The molecule has 7 nitrogen and oxygen atoms in total. The molecule has 0 spiro atoms. The summed E-state index contributed by atoms with van der Waals surface area (Å²) < 4.78 is 0.702. The van der Waals surface area contributed by atoms with Crippen LogP contribution in [0, 0.1) is 0 Å². The van der Waals surface area contributed by atoms with Gasteiger partial charge in [0.05, 0.1) is 5.60 Å². The van der Waals surface area contributed by atoms with Crippen molar-refractivity contribution in [2.75, 3.05) is 11.6 Å². The summed E-state index contributed by atoms with van der Waals surface area (Å²) in [5.41, 5.74) is 3.77. The summed E-state index contributed by atoms with van der Waals surface area (Å²) in [6.07, 6.45) is 0.0797. The molecule has 5 N–H and O–H groups in total. The molecule has 0 unspecified atom stereocenters. The zero-order valence-corrected chi connectivity index (χ0v) is 9.28. The van der Waals surface area contributed by atoms with Crippen LogP contribution in [0.2, 0.25) is 0 Å². The summed E-state index contributed by atoms with van der Waals surface area (Å²) in [5, 5.41) is 16.5. The maximum absolute atomic E-state index is 11.4. The summed E-state index contributed by atoms with van der Waals surface area (Å²) in [7, 11) is 0. The predicted octanol–water partition coefficient (Wildman–Crippen LogP) is -1.33. The lowest BCUT2D eigenvalue weighted by Crippen LogP contribution is -2.37. The van der Waals surface area contributed by atoms with Gasteiger partial charge in [-0.2, -0.15) is 4.68 Å². The molecule has 0 radical (unpaired) electrons. The van der Waals surface area contributed by atoms with Crippen molar-refractivity contribution in [2.45, 2.75) is 25.9 Å². The van der Waals surface area contributed by atoms with Gasteiger partial charge in [0.1, 0.15) is 5.69 Å². The van der Waals surface area contributed by atoms with Crippen molar-refractivity contribution in [3.63, 3.8) is 0 Å². The molecule has 86 valence electrons. The smallest absolute Gasteiger partial charge is 0.295 e. The Balaban J connectivity index is 0.00000196. The predicted molar refractivity (Wildman–Crippen MR) is 58.1 cm³/mol. The first-order valence-electron chi connectivity index (χ1n) is 4.03. The number of anilines is 1. The fourth-order valence-electron chi connectivity index (χ4n) is 0.966. The van der Waals surface area contributed by atoms with Crippen LogP contribution in [-0.2, 0) is 6.42 Å². The van der Waals surface area contributed by atoms with Gasteiger partial charge in [-0.25, -0.2) is 0 Å². The quantitative estimate of drug-likeness (QED) is 0.547. The van der Waals surface area contributed by atoms with Crippen molar-refractivity contribution in [3.8, 4) is 0 Å². The van der Waals surface area contributed by atoms with Gasteiger partial charge in [-0.1, -0.05) is 0 Å². The summed E-state index contributed by atoms with van der Waals surface area (Å²) in [5.74, 6) is 5.14. The Morgan fingerprint density at radius 2 is 2.00 bits per heavy atom. The average Bonchev–Trinajstić information content (AvgIpc) is 2.04. The molecule has 0 aliphatic carbocycles. The Morgan fingerprint density at radius 1 is 1.47 bits per heavy atom. The van der Waals surface area contributed by atoms with Crippen LogP contribution in [-0.4, -0.2) is 25.6 Å². The summed E-state index contributed by atoms with van der Waals surface area (Å²) >= 11 is 0. The van der Waals surface area contributed by atoms with Crippen molar-refractivity contribution >= 4 is 18.4 Å². The van der Waals surface area contributed by atoms with E-state index in [2.05, 4.69) is 10.2 Å². The summed E-state index contributed by atoms with van der Waals surface area (Å²) in [6.45, 7) is 3.12. The van der Waals surface area contributed by atoms with Crippen LogP contribution in [0.15, 0.2) is 4.79 Å². The molecule has 0 aromatic carbocycles. The van der Waals surface area contributed by atoms with Gasteiger partial charge in [0.15, 0.2) is 0 Å². The van der Waals surface area contributed by atoms with Gasteiger partial charge in [-0.15, -0.1) is 22.6 Å². The molecular weight excluding hydrogens is 222 g/mol. The molecule has 0 fully saturated rings. The molecule has 15 heavy (non-hydrogen) atoms. The zero-order valence-electron chi connectivity index (χ0n) is 8.47. The number of hydrogen-bond donors (Lipinski definition) is 3. The first-order valence-corrected chi connectivity index (χ1v) is 4.03. The van der Waals surface area contributed by atoms with E-state index in [1.807, 2.05) is 0 Å². The second-order valence-electron chi connectivity index (χ2n) is 3.67. The van der Waals surface area contributed by atoms with Gasteiger partial charge in [0.25, 0.3) is 5.56 Å².